The summed E-state index contributed by atoms with van der Waals surface area (Å²) in [6, 6.07) is 14.4. The van der Waals surface area contributed by atoms with Crippen LogP contribution in [0, 0.1) is 6.92 Å². The lowest BCUT2D eigenvalue weighted by molar-refractivity contribution is 0.171. The van der Waals surface area contributed by atoms with Crippen molar-refractivity contribution in [1.82, 2.24) is 0 Å². The standard InChI is InChI=1S/C17H19NO2/c1-12-2-4-13(5-3-12)10-15(18)14-6-7-16-17(11-14)20-9-8-19-16/h2-7,11,15H,8-10,18H2,1H3. The van der Waals surface area contributed by atoms with E-state index in [0.717, 1.165) is 23.5 Å². The number of nitrogens with two attached hydrogens (primary N) is 1. The third-order valence-electron chi connectivity index (χ3n) is 3.57. The molecule has 1 atom stereocenters. The highest BCUT2D eigenvalue weighted by atomic mass is 16.6. The van der Waals surface area contributed by atoms with E-state index in [2.05, 4.69) is 31.2 Å². The van der Waals surface area contributed by atoms with Crippen molar-refractivity contribution in [2.24, 2.45) is 5.73 Å². The summed E-state index contributed by atoms with van der Waals surface area (Å²) in [4.78, 5) is 0. The van der Waals surface area contributed by atoms with Gasteiger partial charge >= 0.3 is 0 Å². The van der Waals surface area contributed by atoms with Crippen LogP contribution in [0.15, 0.2) is 42.5 Å². The van der Waals surface area contributed by atoms with Gasteiger partial charge in [0.2, 0.25) is 0 Å². The molecule has 0 saturated heterocycles. The van der Waals surface area contributed by atoms with Crippen molar-refractivity contribution in [2.75, 3.05) is 13.2 Å². The van der Waals surface area contributed by atoms with Crippen molar-refractivity contribution in [3.8, 4) is 11.5 Å². The first-order valence-corrected chi connectivity index (χ1v) is 6.93. The second-order valence-corrected chi connectivity index (χ2v) is 5.20. The zero-order chi connectivity index (χ0) is 13.9. The molecule has 0 bridgehead atoms. The molecule has 0 saturated carbocycles. The van der Waals surface area contributed by atoms with Crippen molar-refractivity contribution in [3.63, 3.8) is 0 Å². The van der Waals surface area contributed by atoms with Crippen molar-refractivity contribution >= 4 is 0 Å². The Morgan fingerprint density at radius 1 is 1.00 bits per heavy atom. The largest absolute Gasteiger partial charge is 0.486 e. The molecule has 1 heterocycles. The molecular formula is C17H19NO2. The average Bonchev–Trinajstić information content (AvgIpc) is 2.49. The highest BCUT2D eigenvalue weighted by molar-refractivity contribution is 5.45. The number of aryl methyl sites for hydroxylation is 1. The van der Waals surface area contributed by atoms with Gasteiger partial charge in [0.1, 0.15) is 13.2 Å². The van der Waals surface area contributed by atoms with Crippen LogP contribution in [-0.4, -0.2) is 13.2 Å². The van der Waals surface area contributed by atoms with E-state index in [0.29, 0.717) is 13.2 Å². The first kappa shape index (κ1) is 13.0. The minimum absolute atomic E-state index is 0.0338. The van der Waals surface area contributed by atoms with Crippen LogP contribution in [0.3, 0.4) is 0 Å². The number of benzene rings is 2. The molecule has 0 aromatic heterocycles. The van der Waals surface area contributed by atoms with E-state index >= 15 is 0 Å². The van der Waals surface area contributed by atoms with Crippen molar-refractivity contribution in [3.05, 3.63) is 59.2 Å². The van der Waals surface area contributed by atoms with Crippen molar-refractivity contribution < 1.29 is 9.47 Å². The second-order valence-electron chi connectivity index (χ2n) is 5.20. The molecule has 2 N–H and O–H groups in total. The van der Waals surface area contributed by atoms with Crippen LogP contribution >= 0.6 is 0 Å². The minimum Gasteiger partial charge on any atom is -0.486 e. The van der Waals surface area contributed by atoms with E-state index in [4.69, 9.17) is 15.2 Å². The van der Waals surface area contributed by atoms with Crippen LogP contribution in [0.4, 0.5) is 0 Å². The van der Waals surface area contributed by atoms with Crippen molar-refractivity contribution in [1.29, 1.82) is 0 Å². The van der Waals surface area contributed by atoms with Gasteiger partial charge in [-0.15, -0.1) is 0 Å². The Morgan fingerprint density at radius 2 is 1.70 bits per heavy atom. The van der Waals surface area contributed by atoms with Crippen LogP contribution in [-0.2, 0) is 6.42 Å². The summed E-state index contributed by atoms with van der Waals surface area (Å²) in [5.41, 5.74) is 9.89. The summed E-state index contributed by atoms with van der Waals surface area (Å²) >= 11 is 0. The SMILES string of the molecule is Cc1ccc(CC(N)c2ccc3c(c2)OCCO3)cc1. The van der Waals surface area contributed by atoms with Crippen LogP contribution in [0.5, 0.6) is 11.5 Å². The number of fused-ring (bicyclic) bond motifs is 1. The lowest BCUT2D eigenvalue weighted by Crippen LogP contribution is -2.17. The average molecular weight is 269 g/mol. The maximum absolute atomic E-state index is 6.30. The van der Waals surface area contributed by atoms with Gasteiger partial charge in [-0.25, -0.2) is 0 Å². The van der Waals surface area contributed by atoms with Gasteiger partial charge in [0.25, 0.3) is 0 Å². The topological polar surface area (TPSA) is 44.5 Å². The zero-order valence-corrected chi connectivity index (χ0v) is 11.6. The molecule has 1 aliphatic rings. The zero-order valence-electron chi connectivity index (χ0n) is 11.6. The number of hydrogen-bond donors (Lipinski definition) is 1. The normalized spacial score (nSPS) is 14.9. The summed E-state index contributed by atoms with van der Waals surface area (Å²) in [5.74, 6) is 1.61. The Labute approximate surface area is 119 Å². The smallest absolute Gasteiger partial charge is 0.161 e. The van der Waals surface area contributed by atoms with Crippen LogP contribution < -0.4 is 15.2 Å². The summed E-state index contributed by atoms with van der Waals surface area (Å²) < 4.78 is 11.1. The molecule has 0 aliphatic carbocycles. The van der Waals surface area contributed by atoms with E-state index in [1.807, 2.05) is 18.2 Å². The molecule has 0 spiro atoms. The van der Waals surface area contributed by atoms with Gasteiger partial charge in [0.15, 0.2) is 11.5 Å². The number of rotatable bonds is 3. The lowest BCUT2D eigenvalue weighted by atomic mass is 9.98. The Balaban J connectivity index is 1.76. The number of hydrogen-bond acceptors (Lipinski definition) is 3. The fourth-order valence-electron chi connectivity index (χ4n) is 2.39. The molecular weight excluding hydrogens is 250 g/mol. The Hall–Kier alpha value is -2.00. The van der Waals surface area contributed by atoms with E-state index in [-0.39, 0.29) is 6.04 Å². The van der Waals surface area contributed by atoms with Gasteiger partial charge in [-0.2, -0.15) is 0 Å². The van der Waals surface area contributed by atoms with Gasteiger partial charge < -0.3 is 15.2 Å². The Kier molecular flexibility index (Phi) is 3.61. The molecule has 104 valence electrons. The van der Waals surface area contributed by atoms with E-state index < -0.39 is 0 Å². The molecule has 0 amide bonds. The fourth-order valence-corrected chi connectivity index (χ4v) is 2.39. The molecule has 2 aromatic carbocycles. The summed E-state index contributed by atoms with van der Waals surface area (Å²) in [6.07, 6.45) is 0.819. The molecule has 3 rings (SSSR count). The minimum atomic E-state index is -0.0338. The third-order valence-corrected chi connectivity index (χ3v) is 3.57. The molecule has 3 heteroatoms. The molecule has 2 aromatic rings. The second kappa shape index (κ2) is 5.55. The quantitative estimate of drug-likeness (QED) is 0.931. The third kappa shape index (κ3) is 2.78. The van der Waals surface area contributed by atoms with E-state index in [1.54, 1.807) is 0 Å². The van der Waals surface area contributed by atoms with Gasteiger partial charge in [-0.05, 0) is 36.6 Å². The maximum atomic E-state index is 6.30. The van der Waals surface area contributed by atoms with E-state index in [9.17, 15) is 0 Å². The summed E-state index contributed by atoms with van der Waals surface area (Å²) in [7, 11) is 0. The van der Waals surface area contributed by atoms with Gasteiger partial charge in [-0.3, -0.25) is 0 Å². The fraction of sp³-hybridized carbons (Fsp3) is 0.294. The Morgan fingerprint density at radius 3 is 2.45 bits per heavy atom. The van der Waals surface area contributed by atoms with Gasteiger partial charge in [0, 0.05) is 6.04 Å². The van der Waals surface area contributed by atoms with Gasteiger partial charge in [-0.1, -0.05) is 35.9 Å². The molecule has 3 nitrogen and oxygen atoms in total. The predicted molar refractivity (Wildman–Crippen MR) is 79.2 cm³/mol. The lowest BCUT2D eigenvalue weighted by Gasteiger charge is -2.20. The van der Waals surface area contributed by atoms with E-state index in [1.165, 1.54) is 11.1 Å². The Bertz CT molecular complexity index is 592. The molecule has 20 heavy (non-hydrogen) atoms. The van der Waals surface area contributed by atoms with Gasteiger partial charge in [0.05, 0.1) is 0 Å². The molecule has 1 unspecified atom stereocenters. The first-order chi connectivity index (χ1) is 9.72. The maximum Gasteiger partial charge on any atom is 0.161 e. The summed E-state index contributed by atoms with van der Waals surface area (Å²) in [5, 5.41) is 0. The van der Waals surface area contributed by atoms with Crippen LogP contribution in [0.25, 0.3) is 0 Å². The monoisotopic (exact) mass is 269 g/mol. The van der Waals surface area contributed by atoms with Crippen LogP contribution in [0.2, 0.25) is 0 Å². The first-order valence-electron chi connectivity index (χ1n) is 6.93. The predicted octanol–water partition coefficient (Wildman–Crippen LogP) is 3.01. The highest BCUT2D eigenvalue weighted by Gasteiger charge is 2.15. The van der Waals surface area contributed by atoms with Crippen molar-refractivity contribution in [2.45, 2.75) is 19.4 Å². The number of ether oxygens (including phenoxy) is 2. The van der Waals surface area contributed by atoms with Crippen LogP contribution in [0.1, 0.15) is 22.7 Å². The summed E-state index contributed by atoms with van der Waals surface area (Å²) in [6.45, 7) is 3.30. The molecule has 0 fully saturated rings. The molecule has 1 aliphatic heterocycles. The molecule has 0 radical (unpaired) electrons. The highest BCUT2D eigenvalue weighted by Crippen LogP contribution is 2.32.